The van der Waals surface area contributed by atoms with Crippen LogP contribution in [0, 0.1) is 29.6 Å². The third kappa shape index (κ3) is 3.51. The normalized spacial score (nSPS) is 27.5. The van der Waals surface area contributed by atoms with Crippen molar-refractivity contribution >= 4 is 41.0 Å². The van der Waals surface area contributed by atoms with Crippen molar-refractivity contribution in [2.24, 2.45) is 29.6 Å². The largest absolute Gasteiger partial charge is 0.454 e. The summed E-state index contributed by atoms with van der Waals surface area (Å²) in [5.74, 6) is -2.85. The van der Waals surface area contributed by atoms with Crippen molar-refractivity contribution in [3.05, 3.63) is 41.4 Å². The van der Waals surface area contributed by atoms with E-state index in [0.29, 0.717) is 10.7 Å². The first kappa shape index (κ1) is 20.6. The summed E-state index contributed by atoms with van der Waals surface area (Å²) in [6.45, 7) is 2.99. The first-order chi connectivity index (χ1) is 14.3. The smallest absolute Gasteiger partial charge is 0.330 e. The highest BCUT2D eigenvalue weighted by Gasteiger charge is 2.61. The van der Waals surface area contributed by atoms with E-state index >= 15 is 0 Å². The Balaban J connectivity index is 1.41. The number of hydrogen-bond acceptors (Lipinski definition) is 5. The van der Waals surface area contributed by atoms with Crippen molar-refractivity contribution in [3.8, 4) is 0 Å². The van der Waals surface area contributed by atoms with Crippen LogP contribution in [0.15, 0.2) is 36.4 Å². The standard InChI is InChI=1S/C22H23ClN2O5/c1-11(2)19(22(29)30-10-16(26)24-15-7-5-14(23)6-8-15)25-20(27)17-12-3-4-13(9-12)18(17)21(25)28/h3-8,11-13,17-19H,9-10H2,1-2H3,(H,24,26)/t12-,13-,17-,18-,19+/m0/s1. The molecule has 158 valence electrons. The van der Waals surface area contributed by atoms with Gasteiger partial charge in [0.2, 0.25) is 11.8 Å². The number of allylic oxidation sites excluding steroid dienone is 2. The lowest BCUT2D eigenvalue weighted by Gasteiger charge is -2.28. The second-order valence-corrected chi connectivity index (χ2v) is 8.83. The predicted octanol–water partition coefficient (Wildman–Crippen LogP) is 2.65. The van der Waals surface area contributed by atoms with Gasteiger partial charge in [-0.25, -0.2) is 4.79 Å². The number of imide groups is 1. The van der Waals surface area contributed by atoms with Crippen molar-refractivity contribution in [1.82, 2.24) is 4.90 Å². The van der Waals surface area contributed by atoms with Gasteiger partial charge in [0.1, 0.15) is 6.04 Å². The van der Waals surface area contributed by atoms with Crippen LogP contribution in [-0.4, -0.2) is 41.2 Å². The third-order valence-corrected chi connectivity index (χ3v) is 6.38. The van der Waals surface area contributed by atoms with E-state index in [4.69, 9.17) is 16.3 Å². The number of carbonyl (C=O) groups is 4. The Morgan fingerprint density at radius 3 is 2.20 bits per heavy atom. The number of carbonyl (C=O) groups excluding carboxylic acids is 4. The minimum absolute atomic E-state index is 0.0652. The molecule has 1 saturated heterocycles. The van der Waals surface area contributed by atoms with Gasteiger partial charge in [-0.1, -0.05) is 37.6 Å². The summed E-state index contributed by atoms with van der Waals surface area (Å²) in [6.07, 6.45) is 4.83. The van der Waals surface area contributed by atoms with E-state index in [1.165, 1.54) is 0 Å². The molecule has 2 bridgehead atoms. The average Bonchev–Trinajstić information content (AvgIpc) is 3.38. The molecule has 5 atom stereocenters. The number of anilines is 1. The van der Waals surface area contributed by atoms with Crippen molar-refractivity contribution in [1.29, 1.82) is 0 Å². The molecule has 3 aliphatic rings. The summed E-state index contributed by atoms with van der Waals surface area (Å²) in [4.78, 5) is 52.0. The summed E-state index contributed by atoms with van der Waals surface area (Å²) >= 11 is 5.81. The van der Waals surface area contributed by atoms with Gasteiger partial charge in [0.25, 0.3) is 5.91 Å². The number of nitrogens with one attached hydrogen (secondary N) is 1. The van der Waals surface area contributed by atoms with Crippen molar-refractivity contribution in [3.63, 3.8) is 0 Å². The lowest BCUT2D eigenvalue weighted by atomic mass is 9.85. The topological polar surface area (TPSA) is 92.8 Å². The second kappa shape index (κ2) is 7.87. The Labute approximate surface area is 179 Å². The molecular formula is C22H23ClN2O5. The lowest BCUT2D eigenvalue weighted by molar-refractivity contribution is -0.162. The second-order valence-electron chi connectivity index (χ2n) is 8.40. The average molecular weight is 431 g/mol. The fraction of sp³-hybridized carbons (Fsp3) is 0.455. The Morgan fingerprint density at radius 1 is 1.10 bits per heavy atom. The van der Waals surface area contributed by atoms with E-state index in [1.54, 1.807) is 38.1 Å². The summed E-state index contributed by atoms with van der Waals surface area (Å²) in [6, 6.07) is 5.46. The number of benzene rings is 1. The maximum atomic E-state index is 13.0. The van der Waals surface area contributed by atoms with Crippen molar-refractivity contribution in [2.45, 2.75) is 26.3 Å². The Morgan fingerprint density at radius 2 is 1.67 bits per heavy atom. The molecule has 1 aromatic carbocycles. The maximum Gasteiger partial charge on any atom is 0.330 e. The molecule has 8 heteroatoms. The molecule has 2 aliphatic carbocycles. The number of fused-ring (bicyclic) bond motifs is 5. The van der Waals surface area contributed by atoms with Gasteiger partial charge >= 0.3 is 5.97 Å². The summed E-state index contributed by atoms with van der Waals surface area (Å²) < 4.78 is 5.18. The van der Waals surface area contributed by atoms with Gasteiger partial charge in [-0.2, -0.15) is 0 Å². The number of likely N-dealkylation sites (tertiary alicyclic amines) is 1. The van der Waals surface area contributed by atoms with Crippen LogP contribution in [0.3, 0.4) is 0 Å². The number of nitrogens with zero attached hydrogens (tertiary/aromatic N) is 1. The molecule has 1 aromatic rings. The number of esters is 1. The Kier molecular flexibility index (Phi) is 5.40. The highest BCUT2D eigenvalue weighted by molar-refractivity contribution is 6.30. The van der Waals surface area contributed by atoms with Crippen molar-refractivity contribution < 1.29 is 23.9 Å². The highest BCUT2D eigenvalue weighted by atomic mass is 35.5. The minimum atomic E-state index is -1.04. The Bertz CT molecular complexity index is 896. The fourth-order valence-electron chi connectivity index (χ4n) is 4.83. The van der Waals surface area contributed by atoms with E-state index in [2.05, 4.69) is 5.32 Å². The molecule has 3 amide bonds. The molecular weight excluding hydrogens is 408 g/mol. The molecule has 0 unspecified atom stereocenters. The van der Waals surface area contributed by atoms with Crippen molar-refractivity contribution in [2.75, 3.05) is 11.9 Å². The van der Waals surface area contributed by atoms with Gasteiger partial charge in [-0.15, -0.1) is 0 Å². The molecule has 0 spiro atoms. The molecule has 1 saturated carbocycles. The monoisotopic (exact) mass is 430 g/mol. The quantitative estimate of drug-likeness (QED) is 0.425. The summed E-state index contributed by atoms with van der Waals surface area (Å²) in [7, 11) is 0. The van der Waals surface area contributed by atoms with Crippen LogP contribution in [0.1, 0.15) is 20.3 Å². The van der Waals surface area contributed by atoms with E-state index in [1.807, 2.05) is 12.2 Å². The van der Waals surface area contributed by atoms with Gasteiger partial charge < -0.3 is 10.1 Å². The van der Waals surface area contributed by atoms with Crippen LogP contribution in [-0.2, 0) is 23.9 Å². The van der Waals surface area contributed by atoms with Gasteiger partial charge in [0.05, 0.1) is 11.8 Å². The molecule has 0 aromatic heterocycles. The van der Waals surface area contributed by atoms with Gasteiger partial charge in [0, 0.05) is 10.7 Å². The van der Waals surface area contributed by atoms with Gasteiger partial charge in [-0.05, 0) is 48.4 Å². The van der Waals surface area contributed by atoms with E-state index in [9.17, 15) is 19.2 Å². The zero-order valence-electron chi connectivity index (χ0n) is 16.7. The fourth-order valence-corrected chi connectivity index (χ4v) is 4.95. The van der Waals surface area contributed by atoms with E-state index in [0.717, 1.165) is 11.3 Å². The van der Waals surface area contributed by atoms with Gasteiger partial charge in [-0.3, -0.25) is 19.3 Å². The molecule has 2 fully saturated rings. The summed E-state index contributed by atoms with van der Waals surface area (Å²) in [5, 5.41) is 3.14. The molecule has 7 nitrogen and oxygen atoms in total. The first-order valence-electron chi connectivity index (χ1n) is 10.0. The SMILES string of the molecule is CC(C)[C@H](C(=O)OCC(=O)Nc1ccc(Cl)cc1)N1C(=O)[C@@H]2[C@@H](C1=O)[C@H]1C=C[C@H]2C1. The van der Waals surface area contributed by atoms with Crippen LogP contribution < -0.4 is 5.32 Å². The third-order valence-electron chi connectivity index (χ3n) is 6.13. The number of halogens is 1. The van der Waals surface area contributed by atoms with Crippen LogP contribution in [0.4, 0.5) is 5.69 Å². The van der Waals surface area contributed by atoms with E-state index in [-0.39, 0.29) is 41.4 Å². The molecule has 1 heterocycles. The van der Waals surface area contributed by atoms with Gasteiger partial charge in [0.15, 0.2) is 6.61 Å². The van der Waals surface area contributed by atoms with Crippen LogP contribution >= 0.6 is 11.6 Å². The predicted molar refractivity (Wildman–Crippen MR) is 109 cm³/mol. The lowest BCUT2D eigenvalue weighted by Crippen LogP contribution is -2.50. The number of rotatable bonds is 6. The number of ether oxygens (including phenoxy) is 1. The number of amides is 3. The Hall–Kier alpha value is -2.67. The number of hydrogen-bond donors (Lipinski definition) is 1. The molecule has 30 heavy (non-hydrogen) atoms. The molecule has 0 radical (unpaired) electrons. The van der Waals surface area contributed by atoms with Crippen LogP contribution in [0.5, 0.6) is 0 Å². The van der Waals surface area contributed by atoms with E-state index < -0.39 is 24.5 Å². The summed E-state index contributed by atoms with van der Waals surface area (Å²) in [5.41, 5.74) is 0.515. The molecule has 4 rings (SSSR count). The molecule has 1 aliphatic heterocycles. The van der Waals surface area contributed by atoms with Crippen LogP contribution in [0.25, 0.3) is 0 Å². The highest BCUT2D eigenvalue weighted by Crippen LogP contribution is 2.53. The van der Waals surface area contributed by atoms with Crippen LogP contribution in [0.2, 0.25) is 5.02 Å². The zero-order chi connectivity index (χ0) is 21.6. The minimum Gasteiger partial charge on any atom is -0.454 e. The zero-order valence-corrected chi connectivity index (χ0v) is 17.5. The first-order valence-corrected chi connectivity index (χ1v) is 10.4. The molecule has 1 N–H and O–H groups in total. The maximum absolute atomic E-state index is 13.0.